The minimum absolute atomic E-state index is 0.100. The average molecular weight is 298 g/mol. The van der Waals surface area contributed by atoms with Crippen molar-refractivity contribution < 1.29 is 9.72 Å². The van der Waals surface area contributed by atoms with Crippen LogP contribution in [0.2, 0.25) is 5.02 Å². The fourth-order valence-corrected chi connectivity index (χ4v) is 2.46. The van der Waals surface area contributed by atoms with Gasteiger partial charge in [0.1, 0.15) is 0 Å². The van der Waals surface area contributed by atoms with Gasteiger partial charge in [-0.25, -0.2) is 4.79 Å². The Kier molecular flexibility index (Phi) is 4.44. The van der Waals surface area contributed by atoms with Gasteiger partial charge >= 0.3 is 6.03 Å². The first-order chi connectivity index (χ1) is 9.47. The summed E-state index contributed by atoms with van der Waals surface area (Å²) < 4.78 is 0. The maximum absolute atomic E-state index is 12.1. The number of nitro groups is 1. The quantitative estimate of drug-likeness (QED) is 0.670. The van der Waals surface area contributed by atoms with Gasteiger partial charge in [0.2, 0.25) is 0 Å². The predicted molar refractivity (Wildman–Crippen MR) is 77.1 cm³/mol. The third-order valence-corrected chi connectivity index (χ3v) is 3.68. The largest absolute Gasteiger partial charge is 0.324 e. The third kappa shape index (κ3) is 3.39. The summed E-state index contributed by atoms with van der Waals surface area (Å²) in [7, 11) is 0. The van der Waals surface area contributed by atoms with Crippen LogP contribution < -0.4 is 5.32 Å². The molecule has 1 aromatic rings. The number of likely N-dealkylation sites (tertiary alicyclic amines) is 1. The van der Waals surface area contributed by atoms with Crippen molar-refractivity contribution in [1.29, 1.82) is 0 Å². The number of nitrogens with zero attached hydrogens (tertiary/aromatic N) is 2. The second-order valence-corrected chi connectivity index (χ2v) is 5.45. The summed E-state index contributed by atoms with van der Waals surface area (Å²) in [4.78, 5) is 24.1. The fraction of sp³-hybridized carbons (Fsp3) is 0.462. The van der Waals surface area contributed by atoms with E-state index in [0.717, 1.165) is 12.8 Å². The second kappa shape index (κ2) is 6.09. The van der Waals surface area contributed by atoms with E-state index < -0.39 is 4.92 Å². The number of anilines is 1. The van der Waals surface area contributed by atoms with Gasteiger partial charge in [-0.15, -0.1) is 0 Å². The molecule has 0 aromatic heterocycles. The third-order valence-electron chi connectivity index (χ3n) is 3.35. The van der Waals surface area contributed by atoms with Crippen LogP contribution in [0.5, 0.6) is 0 Å². The van der Waals surface area contributed by atoms with Crippen molar-refractivity contribution in [2.75, 3.05) is 18.4 Å². The Labute approximate surface area is 121 Å². The summed E-state index contributed by atoms with van der Waals surface area (Å²) >= 11 is 5.96. The first-order valence-electron chi connectivity index (χ1n) is 6.47. The van der Waals surface area contributed by atoms with Crippen molar-refractivity contribution in [2.45, 2.75) is 19.8 Å². The van der Waals surface area contributed by atoms with Gasteiger partial charge in [-0.2, -0.15) is 0 Å². The van der Waals surface area contributed by atoms with Gasteiger partial charge < -0.3 is 10.2 Å². The summed E-state index contributed by atoms with van der Waals surface area (Å²) in [6, 6.07) is 3.72. The van der Waals surface area contributed by atoms with E-state index in [0.29, 0.717) is 19.0 Å². The number of halogens is 1. The normalized spacial score (nSPS) is 18.7. The molecule has 0 spiro atoms. The first-order valence-corrected chi connectivity index (χ1v) is 6.85. The molecule has 108 valence electrons. The van der Waals surface area contributed by atoms with Crippen LogP contribution in [0.25, 0.3) is 0 Å². The highest BCUT2D eigenvalue weighted by Gasteiger charge is 2.22. The van der Waals surface area contributed by atoms with Gasteiger partial charge in [0.15, 0.2) is 0 Å². The molecule has 1 aromatic carbocycles. The smallest absolute Gasteiger partial charge is 0.321 e. The molecule has 1 fully saturated rings. The van der Waals surface area contributed by atoms with Gasteiger partial charge in [-0.05, 0) is 24.8 Å². The van der Waals surface area contributed by atoms with Gasteiger partial charge in [-0.3, -0.25) is 10.1 Å². The Morgan fingerprint density at radius 1 is 1.55 bits per heavy atom. The maximum Gasteiger partial charge on any atom is 0.321 e. The Balaban J connectivity index is 2.10. The van der Waals surface area contributed by atoms with Gasteiger partial charge in [0.05, 0.1) is 15.6 Å². The molecule has 20 heavy (non-hydrogen) atoms. The van der Waals surface area contributed by atoms with Gasteiger partial charge in [-0.1, -0.05) is 18.5 Å². The molecule has 1 atom stereocenters. The number of hydrogen-bond acceptors (Lipinski definition) is 3. The molecule has 0 radical (unpaired) electrons. The van der Waals surface area contributed by atoms with E-state index in [1.165, 1.54) is 18.2 Å². The highest BCUT2D eigenvalue weighted by atomic mass is 35.5. The summed E-state index contributed by atoms with van der Waals surface area (Å²) in [5.74, 6) is 0.468. The highest BCUT2D eigenvalue weighted by molar-refractivity contribution is 6.33. The number of hydrogen-bond donors (Lipinski definition) is 1. The lowest BCUT2D eigenvalue weighted by Crippen LogP contribution is -2.41. The zero-order valence-electron chi connectivity index (χ0n) is 11.1. The molecule has 6 nitrogen and oxygen atoms in total. The molecule has 1 saturated heterocycles. The van der Waals surface area contributed by atoms with E-state index in [1.54, 1.807) is 4.90 Å². The van der Waals surface area contributed by atoms with E-state index in [9.17, 15) is 14.9 Å². The van der Waals surface area contributed by atoms with Crippen molar-refractivity contribution in [3.8, 4) is 0 Å². The van der Waals surface area contributed by atoms with Crippen LogP contribution in [0.4, 0.5) is 16.2 Å². The number of amides is 2. The SMILES string of the molecule is CC1CCCN(C(=O)Nc2cc([N+](=O)[O-])ccc2Cl)C1. The number of piperidine rings is 1. The Bertz CT molecular complexity index is 536. The number of carbonyl (C=O) groups excluding carboxylic acids is 1. The molecular formula is C13H16ClN3O3. The van der Waals surface area contributed by atoms with Crippen molar-refractivity contribution in [2.24, 2.45) is 5.92 Å². The lowest BCUT2D eigenvalue weighted by atomic mass is 10.0. The van der Waals surface area contributed by atoms with Crippen LogP contribution in [0.1, 0.15) is 19.8 Å². The van der Waals surface area contributed by atoms with Crippen LogP contribution in [0, 0.1) is 16.0 Å². The molecule has 1 aliphatic rings. The topological polar surface area (TPSA) is 75.5 Å². The van der Waals surface area contributed by atoms with Crippen LogP contribution in [-0.2, 0) is 0 Å². The number of nitrogens with one attached hydrogen (secondary N) is 1. The molecule has 1 heterocycles. The predicted octanol–water partition coefficient (Wildman–Crippen LogP) is 3.51. The van der Waals surface area contributed by atoms with E-state index in [-0.39, 0.29) is 22.4 Å². The number of benzene rings is 1. The summed E-state index contributed by atoms with van der Waals surface area (Å²) in [6.45, 7) is 3.49. The lowest BCUT2D eigenvalue weighted by molar-refractivity contribution is -0.384. The van der Waals surface area contributed by atoms with E-state index in [4.69, 9.17) is 11.6 Å². The van der Waals surface area contributed by atoms with Gasteiger partial charge in [0, 0.05) is 25.2 Å². The van der Waals surface area contributed by atoms with Crippen molar-refractivity contribution in [3.05, 3.63) is 33.3 Å². The van der Waals surface area contributed by atoms with Crippen molar-refractivity contribution >= 4 is 29.0 Å². The molecule has 1 aliphatic heterocycles. The number of carbonyl (C=O) groups is 1. The molecule has 0 saturated carbocycles. The fourth-order valence-electron chi connectivity index (χ4n) is 2.29. The summed E-state index contributed by atoms with van der Waals surface area (Å²) in [6.07, 6.45) is 2.08. The second-order valence-electron chi connectivity index (χ2n) is 5.04. The minimum Gasteiger partial charge on any atom is -0.324 e. The molecular weight excluding hydrogens is 282 g/mol. The number of rotatable bonds is 2. The number of non-ortho nitro benzene ring substituents is 1. The van der Waals surface area contributed by atoms with E-state index >= 15 is 0 Å². The van der Waals surface area contributed by atoms with Crippen molar-refractivity contribution in [3.63, 3.8) is 0 Å². The summed E-state index contributed by atoms with van der Waals surface area (Å²) in [5, 5.41) is 13.7. The zero-order chi connectivity index (χ0) is 14.7. The molecule has 0 aliphatic carbocycles. The number of nitro benzene ring substituents is 1. The highest BCUT2D eigenvalue weighted by Crippen LogP contribution is 2.27. The minimum atomic E-state index is -0.519. The monoisotopic (exact) mass is 297 g/mol. The molecule has 2 rings (SSSR count). The Hall–Kier alpha value is -1.82. The van der Waals surface area contributed by atoms with E-state index in [1.807, 2.05) is 0 Å². The zero-order valence-corrected chi connectivity index (χ0v) is 11.9. The molecule has 7 heteroatoms. The van der Waals surface area contributed by atoms with Crippen LogP contribution in [0.15, 0.2) is 18.2 Å². The Morgan fingerprint density at radius 2 is 2.30 bits per heavy atom. The standard InChI is InChI=1S/C13H16ClN3O3/c1-9-3-2-6-16(8-9)13(18)15-12-7-10(17(19)20)4-5-11(12)14/h4-5,7,9H,2-3,6,8H2,1H3,(H,15,18). The van der Waals surface area contributed by atoms with Crippen molar-refractivity contribution in [1.82, 2.24) is 4.90 Å². The first kappa shape index (κ1) is 14.6. The maximum atomic E-state index is 12.1. The molecule has 0 bridgehead atoms. The van der Waals surface area contributed by atoms with Crippen LogP contribution in [-0.4, -0.2) is 28.9 Å². The van der Waals surface area contributed by atoms with Crippen LogP contribution >= 0.6 is 11.6 Å². The van der Waals surface area contributed by atoms with E-state index in [2.05, 4.69) is 12.2 Å². The van der Waals surface area contributed by atoms with Gasteiger partial charge in [0.25, 0.3) is 5.69 Å². The molecule has 1 N–H and O–H groups in total. The molecule has 1 unspecified atom stereocenters. The lowest BCUT2D eigenvalue weighted by Gasteiger charge is -2.31. The molecule has 2 amide bonds. The van der Waals surface area contributed by atoms with Crippen LogP contribution in [0.3, 0.4) is 0 Å². The Morgan fingerprint density at radius 3 is 2.95 bits per heavy atom. The average Bonchev–Trinajstić information content (AvgIpc) is 2.41. The summed E-state index contributed by atoms with van der Waals surface area (Å²) in [5.41, 5.74) is 0.167. The number of urea groups is 1.